The van der Waals surface area contributed by atoms with Crippen molar-refractivity contribution in [2.45, 2.75) is 18.9 Å². The molecule has 1 aromatic carbocycles. The molecule has 2 aliphatic rings. The van der Waals surface area contributed by atoms with Gasteiger partial charge in [0, 0.05) is 43.1 Å². The standard InChI is InChI=1S/C16H20ClN3O2/c1-11(21)19-16-6-7-18-8-13(16)9-20(10-16)15(22)12-2-4-14(17)5-3-12/h2-5,13,18H,6-10H2,1H3,(H,19,21)/t13-,16-/m1/s1. The van der Waals surface area contributed by atoms with Crippen molar-refractivity contribution in [1.82, 2.24) is 15.5 Å². The molecule has 118 valence electrons. The normalized spacial score (nSPS) is 27.4. The van der Waals surface area contributed by atoms with Gasteiger partial charge in [-0.25, -0.2) is 0 Å². The zero-order chi connectivity index (χ0) is 15.7. The van der Waals surface area contributed by atoms with Crippen LogP contribution >= 0.6 is 11.6 Å². The van der Waals surface area contributed by atoms with Crippen LogP contribution in [0.3, 0.4) is 0 Å². The number of piperidine rings is 1. The Morgan fingerprint density at radius 1 is 1.36 bits per heavy atom. The molecule has 2 saturated heterocycles. The molecule has 2 amide bonds. The minimum absolute atomic E-state index is 0.00389. The molecular weight excluding hydrogens is 302 g/mol. The largest absolute Gasteiger partial charge is 0.349 e. The van der Waals surface area contributed by atoms with E-state index >= 15 is 0 Å². The van der Waals surface area contributed by atoms with Crippen LogP contribution in [0.1, 0.15) is 23.7 Å². The highest BCUT2D eigenvalue weighted by Crippen LogP contribution is 2.33. The zero-order valence-electron chi connectivity index (χ0n) is 12.6. The van der Waals surface area contributed by atoms with Crippen molar-refractivity contribution in [2.75, 3.05) is 26.2 Å². The number of benzene rings is 1. The summed E-state index contributed by atoms with van der Waals surface area (Å²) in [6, 6.07) is 6.94. The molecule has 0 unspecified atom stereocenters. The van der Waals surface area contributed by atoms with E-state index in [2.05, 4.69) is 10.6 Å². The molecule has 1 aromatic rings. The SMILES string of the molecule is CC(=O)N[C@@]12CCNC[C@@H]1CN(C(=O)c1ccc(Cl)cc1)C2. The lowest BCUT2D eigenvalue weighted by atomic mass is 9.81. The fourth-order valence-corrected chi connectivity index (χ4v) is 3.72. The van der Waals surface area contributed by atoms with E-state index in [9.17, 15) is 9.59 Å². The molecule has 0 spiro atoms. The highest BCUT2D eigenvalue weighted by Gasteiger charge is 2.49. The molecule has 5 nitrogen and oxygen atoms in total. The Morgan fingerprint density at radius 3 is 2.77 bits per heavy atom. The van der Waals surface area contributed by atoms with Crippen molar-refractivity contribution in [3.63, 3.8) is 0 Å². The second-order valence-electron chi connectivity index (χ2n) is 6.18. The van der Waals surface area contributed by atoms with Crippen LogP contribution < -0.4 is 10.6 Å². The van der Waals surface area contributed by atoms with Crippen LogP contribution in [0.5, 0.6) is 0 Å². The first-order valence-electron chi connectivity index (χ1n) is 7.54. The maximum absolute atomic E-state index is 12.7. The monoisotopic (exact) mass is 321 g/mol. The van der Waals surface area contributed by atoms with Gasteiger partial charge in [-0.05, 0) is 37.2 Å². The lowest BCUT2D eigenvalue weighted by molar-refractivity contribution is -0.121. The molecule has 0 bridgehead atoms. The highest BCUT2D eigenvalue weighted by atomic mass is 35.5. The summed E-state index contributed by atoms with van der Waals surface area (Å²) in [5, 5.41) is 7.08. The average Bonchev–Trinajstić information content (AvgIpc) is 2.85. The van der Waals surface area contributed by atoms with E-state index in [-0.39, 0.29) is 23.3 Å². The second-order valence-corrected chi connectivity index (χ2v) is 6.62. The minimum atomic E-state index is -0.292. The number of carbonyl (C=O) groups excluding carboxylic acids is 2. The Kier molecular flexibility index (Phi) is 4.10. The molecule has 0 saturated carbocycles. The van der Waals surface area contributed by atoms with Crippen molar-refractivity contribution in [2.24, 2.45) is 5.92 Å². The zero-order valence-corrected chi connectivity index (χ0v) is 13.3. The lowest BCUT2D eigenvalue weighted by Gasteiger charge is -2.39. The first-order valence-corrected chi connectivity index (χ1v) is 7.92. The first kappa shape index (κ1) is 15.3. The van der Waals surface area contributed by atoms with E-state index < -0.39 is 0 Å². The van der Waals surface area contributed by atoms with Gasteiger partial charge in [0.25, 0.3) is 5.91 Å². The summed E-state index contributed by atoms with van der Waals surface area (Å²) in [5.74, 6) is 0.213. The van der Waals surface area contributed by atoms with E-state index in [1.807, 2.05) is 4.90 Å². The van der Waals surface area contributed by atoms with Crippen LogP contribution in [-0.2, 0) is 4.79 Å². The number of amides is 2. The van der Waals surface area contributed by atoms with E-state index in [1.54, 1.807) is 24.3 Å². The predicted molar refractivity (Wildman–Crippen MR) is 84.9 cm³/mol. The molecule has 2 atom stereocenters. The molecular formula is C16H20ClN3O2. The third-order valence-corrected chi connectivity index (χ3v) is 4.89. The molecule has 0 aliphatic carbocycles. The van der Waals surface area contributed by atoms with Crippen molar-refractivity contribution in [3.8, 4) is 0 Å². The lowest BCUT2D eigenvalue weighted by Crippen LogP contribution is -2.60. The fourth-order valence-electron chi connectivity index (χ4n) is 3.59. The fraction of sp³-hybridized carbons (Fsp3) is 0.500. The van der Waals surface area contributed by atoms with E-state index in [1.165, 1.54) is 6.92 Å². The van der Waals surface area contributed by atoms with Crippen LogP contribution in [0.25, 0.3) is 0 Å². The number of nitrogens with zero attached hydrogens (tertiary/aromatic N) is 1. The van der Waals surface area contributed by atoms with Crippen LogP contribution in [0, 0.1) is 5.92 Å². The molecule has 0 aromatic heterocycles. The van der Waals surface area contributed by atoms with Gasteiger partial charge in [-0.15, -0.1) is 0 Å². The number of hydrogen-bond donors (Lipinski definition) is 2. The van der Waals surface area contributed by atoms with E-state index in [4.69, 9.17) is 11.6 Å². The van der Waals surface area contributed by atoms with Crippen LogP contribution in [0.4, 0.5) is 0 Å². The summed E-state index contributed by atoms with van der Waals surface area (Å²) in [6.07, 6.45) is 0.849. The number of rotatable bonds is 2. The van der Waals surface area contributed by atoms with Gasteiger partial charge in [0.15, 0.2) is 0 Å². The summed E-state index contributed by atoms with van der Waals surface area (Å²) >= 11 is 5.87. The van der Waals surface area contributed by atoms with E-state index in [0.717, 1.165) is 19.5 Å². The van der Waals surface area contributed by atoms with Crippen LogP contribution in [0.15, 0.2) is 24.3 Å². The summed E-state index contributed by atoms with van der Waals surface area (Å²) in [6.45, 7) is 4.46. The summed E-state index contributed by atoms with van der Waals surface area (Å²) < 4.78 is 0. The Bertz CT molecular complexity index is 590. The number of likely N-dealkylation sites (tertiary alicyclic amines) is 1. The third kappa shape index (κ3) is 2.83. The maximum Gasteiger partial charge on any atom is 0.253 e. The number of fused-ring (bicyclic) bond motifs is 1. The molecule has 3 rings (SSSR count). The molecule has 2 fully saturated rings. The Hall–Kier alpha value is -1.59. The maximum atomic E-state index is 12.7. The third-order valence-electron chi connectivity index (χ3n) is 4.64. The van der Waals surface area contributed by atoms with E-state index in [0.29, 0.717) is 23.7 Å². The van der Waals surface area contributed by atoms with Gasteiger partial charge in [0.2, 0.25) is 5.91 Å². The molecule has 2 heterocycles. The molecule has 2 N–H and O–H groups in total. The van der Waals surface area contributed by atoms with Gasteiger partial charge in [0.05, 0.1) is 5.54 Å². The summed E-state index contributed by atoms with van der Waals surface area (Å²) in [5.41, 5.74) is 0.341. The van der Waals surface area contributed by atoms with Crippen molar-refractivity contribution < 1.29 is 9.59 Å². The number of halogens is 1. The Morgan fingerprint density at radius 2 is 2.09 bits per heavy atom. The molecule has 0 radical (unpaired) electrons. The number of hydrogen-bond acceptors (Lipinski definition) is 3. The minimum Gasteiger partial charge on any atom is -0.349 e. The van der Waals surface area contributed by atoms with Gasteiger partial charge < -0.3 is 15.5 Å². The summed E-state index contributed by atoms with van der Waals surface area (Å²) in [7, 11) is 0. The summed E-state index contributed by atoms with van der Waals surface area (Å²) in [4.78, 5) is 26.1. The van der Waals surface area contributed by atoms with Gasteiger partial charge in [0.1, 0.15) is 0 Å². The number of nitrogens with one attached hydrogen (secondary N) is 2. The average molecular weight is 322 g/mol. The van der Waals surface area contributed by atoms with Gasteiger partial charge in [-0.2, -0.15) is 0 Å². The van der Waals surface area contributed by atoms with Crippen molar-refractivity contribution >= 4 is 23.4 Å². The van der Waals surface area contributed by atoms with Crippen molar-refractivity contribution in [1.29, 1.82) is 0 Å². The molecule has 2 aliphatic heterocycles. The quantitative estimate of drug-likeness (QED) is 0.862. The smallest absolute Gasteiger partial charge is 0.253 e. The van der Waals surface area contributed by atoms with Gasteiger partial charge in [-0.3, -0.25) is 9.59 Å². The predicted octanol–water partition coefficient (Wildman–Crippen LogP) is 1.28. The molecule has 6 heteroatoms. The van der Waals surface area contributed by atoms with Crippen molar-refractivity contribution in [3.05, 3.63) is 34.9 Å². The Balaban J connectivity index is 1.80. The highest BCUT2D eigenvalue weighted by molar-refractivity contribution is 6.30. The van der Waals surface area contributed by atoms with Crippen LogP contribution in [-0.4, -0.2) is 48.4 Å². The van der Waals surface area contributed by atoms with Crippen LogP contribution in [0.2, 0.25) is 5.02 Å². The molecule has 22 heavy (non-hydrogen) atoms. The Labute approximate surface area is 135 Å². The first-order chi connectivity index (χ1) is 10.5. The van der Waals surface area contributed by atoms with Gasteiger partial charge in [-0.1, -0.05) is 11.6 Å². The second kappa shape index (κ2) is 5.89. The number of carbonyl (C=O) groups is 2. The van der Waals surface area contributed by atoms with Gasteiger partial charge >= 0.3 is 0 Å². The topological polar surface area (TPSA) is 61.4 Å².